The van der Waals surface area contributed by atoms with Gasteiger partial charge < -0.3 is 15.6 Å². The van der Waals surface area contributed by atoms with Crippen LogP contribution in [0.5, 0.6) is 0 Å². The summed E-state index contributed by atoms with van der Waals surface area (Å²) in [6, 6.07) is 0. The van der Waals surface area contributed by atoms with Crippen LogP contribution in [0.15, 0.2) is 10.7 Å². The number of aromatic nitrogens is 3. The molecule has 0 amide bonds. The molecule has 2 rings (SSSR count). The van der Waals surface area contributed by atoms with Gasteiger partial charge in [-0.1, -0.05) is 5.16 Å². The lowest BCUT2D eigenvalue weighted by Crippen LogP contribution is -2.14. The molecule has 2 heterocycles. The summed E-state index contributed by atoms with van der Waals surface area (Å²) in [5.41, 5.74) is 7.45. The highest BCUT2D eigenvalue weighted by Crippen LogP contribution is 2.15. The van der Waals surface area contributed by atoms with Crippen molar-refractivity contribution < 1.29 is 4.52 Å². The number of rotatable bonds is 3. The third-order valence-corrected chi connectivity index (χ3v) is 1.81. The quantitative estimate of drug-likeness (QED) is 0.728. The monoisotopic (exact) mass is 193 g/mol. The fourth-order valence-corrected chi connectivity index (χ4v) is 1.13. The Balaban J connectivity index is 2.34. The molecule has 6 nitrogen and oxygen atoms in total. The van der Waals surface area contributed by atoms with Crippen molar-refractivity contribution in [2.45, 2.75) is 6.92 Å². The molecule has 0 saturated carbocycles. The lowest BCUT2D eigenvalue weighted by molar-refractivity contribution is 0.449. The molecule has 0 bridgehead atoms. The van der Waals surface area contributed by atoms with Gasteiger partial charge in [-0.05, 0) is 6.92 Å². The summed E-state index contributed by atoms with van der Waals surface area (Å²) in [6.07, 6.45) is 1.60. The number of hydrogen-bond donors (Lipinski definition) is 2. The summed E-state index contributed by atoms with van der Waals surface area (Å²) < 4.78 is 4.98. The number of anilines is 1. The molecule has 0 spiro atoms. The Bertz CT molecular complexity index is 438. The lowest BCUT2D eigenvalue weighted by atomic mass is 10.4. The molecule has 0 aliphatic rings. The van der Waals surface area contributed by atoms with E-state index in [1.807, 2.05) is 6.92 Å². The fourth-order valence-electron chi connectivity index (χ4n) is 1.13. The van der Waals surface area contributed by atoms with Crippen LogP contribution in [0.3, 0.4) is 0 Å². The Kier molecular flexibility index (Phi) is 2.28. The molecule has 0 aliphatic heterocycles. The normalized spacial score (nSPS) is 10.7. The molecule has 6 heteroatoms. The van der Waals surface area contributed by atoms with Crippen LogP contribution in [0.2, 0.25) is 0 Å². The van der Waals surface area contributed by atoms with Gasteiger partial charge in [-0.2, -0.15) is 0 Å². The van der Waals surface area contributed by atoms with E-state index in [-0.39, 0.29) is 0 Å². The van der Waals surface area contributed by atoms with Crippen molar-refractivity contribution >= 4 is 17.0 Å². The van der Waals surface area contributed by atoms with E-state index in [4.69, 9.17) is 10.3 Å². The summed E-state index contributed by atoms with van der Waals surface area (Å²) in [6.45, 7) is 3.03. The Hall–Kier alpha value is -1.69. The maximum absolute atomic E-state index is 5.35. The molecule has 0 aliphatic carbocycles. The van der Waals surface area contributed by atoms with Crippen molar-refractivity contribution in [1.82, 2.24) is 15.1 Å². The molecule has 0 unspecified atom stereocenters. The van der Waals surface area contributed by atoms with Crippen LogP contribution in [0.25, 0.3) is 11.1 Å². The predicted octanol–water partition coefficient (Wildman–Crippen LogP) is 0.297. The molecule has 3 N–H and O–H groups in total. The third kappa shape index (κ3) is 1.51. The zero-order valence-electron chi connectivity index (χ0n) is 7.82. The summed E-state index contributed by atoms with van der Waals surface area (Å²) in [7, 11) is 0. The minimum absolute atomic E-state index is 0.546. The third-order valence-electron chi connectivity index (χ3n) is 1.81. The first-order chi connectivity index (χ1) is 6.81. The second-order valence-electron chi connectivity index (χ2n) is 2.89. The highest BCUT2D eigenvalue weighted by Gasteiger charge is 2.06. The number of hydrogen-bond acceptors (Lipinski definition) is 6. The van der Waals surface area contributed by atoms with Crippen LogP contribution in [0, 0.1) is 6.92 Å². The minimum Gasteiger partial charge on any atom is -0.353 e. The van der Waals surface area contributed by atoms with E-state index in [0.29, 0.717) is 24.6 Å². The smallest absolute Gasteiger partial charge is 0.223 e. The number of aryl methyl sites for hydroxylation is 1. The largest absolute Gasteiger partial charge is 0.353 e. The minimum atomic E-state index is 0.546. The fraction of sp³-hybridized carbons (Fsp3) is 0.375. The summed E-state index contributed by atoms with van der Waals surface area (Å²) in [4.78, 5) is 8.28. The van der Waals surface area contributed by atoms with E-state index in [2.05, 4.69) is 20.4 Å². The zero-order chi connectivity index (χ0) is 9.97. The molecular weight excluding hydrogens is 182 g/mol. The highest BCUT2D eigenvalue weighted by atomic mass is 16.5. The molecule has 74 valence electrons. The van der Waals surface area contributed by atoms with Crippen molar-refractivity contribution in [3.8, 4) is 0 Å². The molecule has 14 heavy (non-hydrogen) atoms. The Labute approximate surface area is 80.5 Å². The van der Waals surface area contributed by atoms with Gasteiger partial charge in [0.2, 0.25) is 11.5 Å². The van der Waals surface area contributed by atoms with Gasteiger partial charge in [0, 0.05) is 13.1 Å². The lowest BCUT2D eigenvalue weighted by Gasteiger charge is -2.00. The van der Waals surface area contributed by atoms with Crippen LogP contribution in [0.4, 0.5) is 5.95 Å². The average Bonchev–Trinajstić information content (AvgIpc) is 2.57. The van der Waals surface area contributed by atoms with Crippen LogP contribution in [0.1, 0.15) is 5.69 Å². The number of nitrogens with one attached hydrogen (secondary N) is 1. The molecule has 0 aromatic carbocycles. The van der Waals surface area contributed by atoms with Crippen LogP contribution >= 0.6 is 0 Å². The van der Waals surface area contributed by atoms with Crippen molar-refractivity contribution in [2.24, 2.45) is 5.73 Å². The summed E-state index contributed by atoms with van der Waals surface area (Å²) >= 11 is 0. The van der Waals surface area contributed by atoms with E-state index in [9.17, 15) is 0 Å². The van der Waals surface area contributed by atoms with Gasteiger partial charge in [0.25, 0.3) is 0 Å². The standard InChI is InChI=1S/C8H11N5O/c1-5-7-6(14-13-5)4-11-8(12-7)10-3-2-9/h4H,2-3,9H2,1H3,(H,10,11,12). The molecule has 0 fully saturated rings. The first-order valence-electron chi connectivity index (χ1n) is 4.34. The Morgan fingerprint density at radius 2 is 2.43 bits per heavy atom. The van der Waals surface area contributed by atoms with E-state index < -0.39 is 0 Å². The number of nitrogens with zero attached hydrogens (tertiary/aromatic N) is 3. The van der Waals surface area contributed by atoms with E-state index in [1.54, 1.807) is 6.20 Å². The van der Waals surface area contributed by atoms with Crippen molar-refractivity contribution in [3.63, 3.8) is 0 Å². The van der Waals surface area contributed by atoms with Gasteiger partial charge in [-0.25, -0.2) is 9.97 Å². The van der Waals surface area contributed by atoms with Crippen LogP contribution < -0.4 is 11.1 Å². The van der Waals surface area contributed by atoms with E-state index in [1.165, 1.54) is 0 Å². The Morgan fingerprint density at radius 3 is 3.21 bits per heavy atom. The van der Waals surface area contributed by atoms with Gasteiger partial charge in [-0.3, -0.25) is 0 Å². The summed E-state index contributed by atoms with van der Waals surface area (Å²) in [5.74, 6) is 0.550. The molecular formula is C8H11N5O. The van der Waals surface area contributed by atoms with Crippen molar-refractivity contribution in [2.75, 3.05) is 18.4 Å². The van der Waals surface area contributed by atoms with E-state index >= 15 is 0 Å². The van der Waals surface area contributed by atoms with Gasteiger partial charge >= 0.3 is 0 Å². The number of fused-ring (bicyclic) bond motifs is 1. The number of nitrogens with two attached hydrogens (primary N) is 1. The first-order valence-corrected chi connectivity index (χ1v) is 4.34. The van der Waals surface area contributed by atoms with Gasteiger partial charge in [0.15, 0.2) is 0 Å². The molecule has 0 radical (unpaired) electrons. The van der Waals surface area contributed by atoms with Crippen LogP contribution in [-0.2, 0) is 0 Å². The van der Waals surface area contributed by atoms with E-state index in [0.717, 1.165) is 11.2 Å². The zero-order valence-corrected chi connectivity index (χ0v) is 7.82. The average molecular weight is 193 g/mol. The van der Waals surface area contributed by atoms with Crippen molar-refractivity contribution in [3.05, 3.63) is 11.9 Å². The van der Waals surface area contributed by atoms with Gasteiger partial charge in [-0.15, -0.1) is 0 Å². The van der Waals surface area contributed by atoms with Crippen LogP contribution in [-0.4, -0.2) is 28.2 Å². The molecule has 0 atom stereocenters. The second-order valence-corrected chi connectivity index (χ2v) is 2.89. The first kappa shape index (κ1) is 8.89. The van der Waals surface area contributed by atoms with Gasteiger partial charge in [0.1, 0.15) is 11.2 Å². The van der Waals surface area contributed by atoms with Gasteiger partial charge in [0.05, 0.1) is 6.20 Å². The Morgan fingerprint density at radius 1 is 1.57 bits per heavy atom. The molecule has 0 saturated heterocycles. The maximum atomic E-state index is 5.35. The molecule has 2 aromatic rings. The second kappa shape index (κ2) is 3.59. The highest BCUT2D eigenvalue weighted by molar-refractivity contribution is 5.74. The maximum Gasteiger partial charge on any atom is 0.223 e. The summed E-state index contributed by atoms with van der Waals surface area (Å²) in [5, 5.41) is 6.77. The SMILES string of the molecule is Cc1noc2cnc(NCCN)nc12. The van der Waals surface area contributed by atoms with Crippen molar-refractivity contribution in [1.29, 1.82) is 0 Å². The topological polar surface area (TPSA) is 89.9 Å². The predicted molar refractivity (Wildman–Crippen MR) is 51.9 cm³/mol. The molecule has 2 aromatic heterocycles.